The van der Waals surface area contributed by atoms with Gasteiger partial charge in [-0.05, 0) is 25.0 Å². The Hall–Kier alpha value is -1.58. The maximum Gasteiger partial charge on any atom is 0.320 e. The fraction of sp³-hybridized carbons (Fsp3) is 0.455. The van der Waals surface area contributed by atoms with Gasteiger partial charge in [0.2, 0.25) is 0 Å². The third-order valence-corrected chi connectivity index (χ3v) is 1.95. The number of urea groups is 1. The maximum absolute atomic E-state index is 11.3. The molecule has 2 amide bonds. The zero-order valence-corrected chi connectivity index (χ0v) is 9.21. The molecule has 0 saturated heterocycles. The molecular weight excluding hydrogens is 190 g/mol. The fourth-order valence-corrected chi connectivity index (χ4v) is 1.15. The van der Waals surface area contributed by atoms with E-state index in [9.17, 15) is 4.79 Å². The van der Waals surface area contributed by atoms with Crippen molar-refractivity contribution in [3.8, 4) is 0 Å². The van der Waals surface area contributed by atoms with Gasteiger partial charge in [0, 0.05) is 12.2 Å². The van der Waals surface area contributed by atoms with Crippen LogP contribution in [0.4, 0.5) is 10.6 Å². The third kappa shape index (κ3) is 3.97. The quantitative estimate of drug-likeness (QED) is 0.795. The van der Waals surface area contributed by atoms with Gasteiger partial charge < -0.3 is 5.32 Å². The molecule has 0 aromatic carbocycles. The summed E-state index contributed by atoms with van der Waals surface area (Å²) >= 11 is 0. The first-order valence-corrected chi connectivity index (χ1v) is 5.27. The van der Waals surface area contributed by atoms with Gasteiger partial charge in [-0.15, -0.1) is 0 Å². The SMILES string of the molecule is CCCNC(=O)Nc1cccc(CC)n1. The lowest BCUT2D eigenvalue weighted by Gasteiger charge is -2.06. The monoisotopic (exact) mass is 207 g/mol. The van der Waals surface area contributed by atoms with Crippen LogP contribution in [0.1, 0.15) is 26.0 Å². The average molecular weight is 207 g/mol. The van der Waals surface area contributed by atoms with Crippen molar-refractivity contribution in [1.29, 1.82) is 0 Å². The number of aryl methyl sites for hydroxylation is 1. The van der Waals surface area contributed by atoms with Crippen LogP contribution in [0, 0.1) is 0 Å². The van der Waals surface area contributed by atoms with Gasteiger partial charge in [-0.3, -0.25) is 5.32 Å². The van der Waals surface area contributed by atoms with Crippen molar-refractivity contribution in [2.24, 2.45) is 0 Å². The summed E-state index contributed by atoms with van der Waals surface area (Å²) in [6.45, 7) is 4.72. The lowest BCUT2D eigenvalue weighted by Crippen LogP contribution is -2.29. The zero-order valence-electron chi connectivity index (χ0n) is 9.21. The summed E-state index contributed by atoms with van der Waals surface area (Å²) in [7, 11) is 0. The average Bonchev–Trinajstić information content (AvgIpc) is 2.26. The number of pyridine rings is 1. The van der Waals surface area contributed by atoms with Crippen LogP contribution in [0.25, 0.3) is 0 Å². The molecule has 4 heteroatoms. The minimum atomic E-state index is -0.197. The Morgan fingerprint density at radius 1 is 1.40 bits per heavy atom. The summed E-state index contributed by atoms with van der Waals surface area (Å²) in [6, 6.07) is 5.42. The number of hydrogen-bond acceptors (Lipinski definition) is 2. The number of amides is 2. The number of nitrogens with zero attached hydrogens (tertiary/aromatic N) is 1. The normalized spacial score (nSPS) is 9.73. The third-order valence-electron chi connectivity index (χ3n) is 1.95. The molecule has 1 rings (SSSR count). The van der Waals surface area contributed by atoms with Crippen molar-refractivity contribution < 1.29 is 4.79 Å². The van der Waals surface area contributed by atoms with Crippen LogP contribution >= 0.6 is 0 Å². The van der Waals surface area contributed by atoms with Gasteiger partial charge in [0.1, 0.15) is 5.82 Å². The second-order valence-electron chi connectivity index (χ2n) is 3.25. The molecule has 0 unspecified atom stereocenters. The van der Waals surface area contributed by atoms with E-state index in [0.717, 1.165) is 18.5 Å². The van der Waals surface area contributed by atoms with Crippen LogP contribution in [0.2, 0.25) is 0 Å². The highest BCUT2D eigenvalue weighted by atomic mass is 16.2. The summed E-state index contributed by atoms with van der Waals surface area (Å²) in [4.78, 5) is 15.6. The van der Waals surface area contributed by atoms with E-state index < -0.39 is 0 Å². The number of hydrogen-bond donors (Lipinski definition) is 2. The molecule has 4 nitrogen and oxygen atoms in total. The highest BCUT2D eigenvalue weighted by Crippen LogP contribution is 2.04. The van der Waals surface area contributed by atoms with E-state index in [1.54, 1.807) is 6.07 Å². The van der Waals surface area contributed by atoms with Crippen LogP contribution in [0.5, 0.6) is 0 Å². The number of anilines is 1. The molecule has 0 fully saturated rings. The van der Waals surface area contributed by atoms with Crippen molar-refractivity contribution in [1.82, 2.24) is 10.3 Å². The van der Waals surface area contributed by atoms with E-state index in [-0.39, 0.29) is 6.03 Å². The minimum Gasteiger partial charge on any atom is -0.338 e. The first kappa shape index (κ1) is 11.5. The number of rotatable bonds is 4. The molecule has 0 spiro atoms. The molecule has 1 aromatic rings. The van der Waals surface area contributed by atoms with Crippen molar-refractivity contribution in [3.63, 3.8) is 0 Å². The maximum atomic E-state index is 11.3. The molecule has 2 N–H and O–H groups in total. The highest BCUT2D eigenvalue weighted by Gasteiger charge is 2.01. The summed E-state index contributed by atoms with van der Waals surface area (Å²) < 4.78 is 0. The van der Waals surface area contributed by atoms with Gasteiger partial charge in [0.25, 0.3) is 0 Å². The molecule has 0 saturated carbocycles. The second kappa shape index (κ2) is 6.01. The predicted octanol–water partition coefficient (Wildman–Crippen LogP) is 2.18. The highest BCUT2D eigenvalue weighted by molar-refractivity contribution is 5.88. The summed E-state index contributed by atoms with van der Waals surface area (Å²) in [5.41, 5.74) is 0.975. The van der Waals surface area contributed by atoms with Gasteiger partial charge in [0.15, 0.2) is 0 Å². The van der Waals surface area contributed by atoms with E-state index in [4.69, 9.17) is 0 Å². The Balaban J connectivity index is 2.52. The fourth-order valence-electron chi connectivity index (χ4n) is 1.15. The summed E-state index contributed by atoms with van der Waals surface area (Å²) in [5.74, 6) is 0.600. The molecule has 0 bridgehead atoms. The van der Waals surface area contributed by atoms with Gasteiger partial charge >= 0.3 is 6.03 Å². The van der Waals surface area contributed by atoms with Gasteiger partial charge in [-0.25, -0.2) is 9.78 Å². The molecule has 82 valence electrons. The van der Waals surface area contributed by atoms with Crippen LogP contribution in [-0.2, 0) is 6.42 Å². The number of aromatic nitrogens is 1. The molecule has 0 atom stereocenters. The van der Waals surface area contributed by atoms with Crippen LogP contribution < -0.4 is 10.6 Å². The standard InChI is InChI=1S/C11H17N3O/c1-3-8-12-11(15)14-10-7-5-6-9(4-2)13-10/h5-7H,3-4,8H2,1-2H3,(H2,12,13,14,15). The summed E-state index contributed by atoms with van der Waals surface area (Å²) in [6.07, 6.45) is 1.79. The van der Waals surface area contributed by atoms with E-state index in [0.29, 0.717) is 12.4 Å². The van der Waals surface area contributed by atoms with E-state index in [1.165, 1.54) is 0 Å². The number of nitrogens with one attached hydrogen (secondary N) is 2. The van der Waals surface area contributed by atoms with Crippen LogP contribution in [0.3, 0.4) is 0 Å². The van der Waals surface area contributed by atoms with Crippen LogP contribution in [0.15, 0.2) is 18.2 Å². The van der Waals surface area contributed by atoms with Crippen LogP contribution in [-0.4, -0.2) is 17.6 Å². The molecule has 15 heavy (non-hydrogen) atoms. The van der Waals surface area contributed by atoms with E-state index in [2.05, 4.69) is 15.6 Å². The van der Waals surface area contributed by atoms with Gasteiger partial charge in [-0.1, -0.05) is 19.9 Å². The number of carbonyl (C=O) groups excluding carboxylic acids is 1. The van der Waals surface area contributed by atoms with Crippen molar-refractivity contribution in [2.75, 3.05) is 11.9 Å². The minimum absolute atomic E-state index is 0.197. The summed E-state index contributed by atoms with van der Waals surface area (Å²) in [5, 5.41) is 5.42. The Bertz CT molecular complexity index is 325. The second-order valence-corrected chi connectivity index (χ2v) is 3.25. The Kier molecular flexibility index (Phi) is 4.60. The smallest absolute Gasteiger partial charge is 0.320 e. The molecule has 1 heterocycles. The Morgan fingerprint density at radius 2 is 2.20 bits per heavy atom. The van der Waals surface area contributed by atoms with E-state index in [1.807, 2.05) is 26.0 Å². The lowest BCUT2D eigenvalue weighted by atomic mass is 10.3. The molecule has 0 aliphatic carbocycles. The molecule has 0 aliphatic rings. The lowest BCUT2D eigenvalue weighted by molar-refractivity contribution is 0.252. The van der Waals surface area contributed by atoms with Gasteiger partial charge in [0.05, 0.1) is 0 Å². The predicted molar refractivity (Wildman–Crippen MR) is 60.9 cm³/mol. The Labute approximate surface area is 90.1 Å². The molecular formula is C11H17N3O. The first-order chi connectivity index (χ1) is 7.26. The van der Waals surface area contributed by atoms with Crippen molar-refractivity contribution in [3.05, 3.63) is 23.9 Å². The van der Waals surface area contributed by atoms with Crippen molar-refractivity contribution >= 4 is 11.8 Å². The largest absolute Gasteiger partial charge is 0.338 e. The van der Waals surface area contributed by atoms with Crippen molar-refractivity contribution in [2.45, 2.75) is 26.7 Å². The van der Waals surface area contributed by atoms with E-state index >= 15 is 0 Å². The number of carbonyl (C=O) groups is 1. The van der Waals surface area contributed by atoms with Gasteiger partial charge in [-0.2, -0.15) is 0 Å². The molecule has 0 radical (unpaired) electrons. The Morgan fingerprint density at radius 3 is 2.87 bits per heavy atom. The molecule has 1 aromatic heterocycles. The zero-order chi connectivity index (χ0) is 11.1. The first-order valence-electron chi connectivity index (χ1n) is 5.27. The molecule has 0 aliphatic heterocycles. The topological polar surface area (TPSA) is 54.0 Å².